The molecule has 0 aliphatic carbocycles. The van der Waals surface area contributed by atoms with Crippen molar-refractivity contribution in [3.05, 3.63) is 60.2 Å². The van der Waals surface area contributed by atoms with Crippen LogP contribution in [0.25, 0.3) is 10.9 Å². The number of hydrogen-bond donors (Lipinski definition) is 1. The molecule has 0 spiro atoms. The molecule has 2 aromatic heterocycles. The molecule has 0 bridgehead atoms. The van der Waals surface area contributed by atoms with Crippen molar-refractivity contribution < 1.29 is 9.13 Å². The van der Waals surface area contributed by atoms with Crippen molar-refractivity contribution in [1.29, 1.82) is 0 Å². The lowest BCUT2D eigenvalue weighted by Crippen LogP contribution is -2.19. The smallest absolute Gasteiger partial charge is 0.213 e. The van der Waals surface area contributed by atoms with Gasteiger partial charge in [-0.1, -0.05) is 0 Å². The van der Waals surface area contributed by atoms with E-state index < -0.39 is 0 Å². The van der Waals surface area contributed by atoms with Crippen molar-refractivity contribution in [3.63, 3.8) is 0 Å². The molecule has 0 saturated carbocycles. The Labute approximate surface area is 146 Å². The molecule has 0 atom stereocenters. The normalized spacial score (nSPS) is 11.0. The summed E-state index contributed by atoms with van der Waals surface area (Å²) in [5.74, 6) is 0.327. The Hall–Kier alpha value is -2.73. The minimum atomic E-state index is -0.286. The molecule has 5 nitrogen and oxygen atoms in total. The summed E-state index contributed by atoms with van der Waals surface area (Å²) in [7, 11) is 4.00. The molecule has 0 amide bonds. The van der Waals surface area contributed by atoms with E-state index in [-0.39, 0.29) is 5.82 Å². The zero-order valence-electron chi connectivity index (χ0n) is 14.4. The fourth-order valence-electron chi connectivity index (χ4n) is 2.44. The van der Waals surface area contributed by atoms with Gasteiger partial charge in [-0.25, -0.2) is 9.37 Å². The van der Waals surface area contributed by atoms with Crippen molar-refractivity contribution in [2.45, 2.75) is 6.54 Å². The summed E-state index contributed by atoms with van der Waals surface area (Å²) in [4.78, 5) is 10.5. The molecule has 2 heterocycles. The Morgan fingerprint density at radius 3 is 2.76 bits per heavy atom. The van der Waals surface area contributed by atoms with E-state index in [0.29, 0.717) is 24.5 Å². The minimum Gasteiger partial charge on any atom is -0.476 e. The first-order valence-corrected chi connectivity index (χ1v) is 8.12. The van der Waals surface area contributed by atoms with E-state index in [0.717, 1.165) is 23.2 Å². The molecule has 0 aliphatic rings. The third-order valence-corrected chi connectivity index (χ3v) is 3.78. The molecule has 0 unspecified atom stereocenters. The first-order valence-electron chi connectivity index (χ1n) is 8.12. The summed E-state index contributed by atoms with van der Waals surface area (Å²) in [6, 6.07) is 10.4. The van der Waals surface area contributed by atoms with E-state index in [4.69, 9.17) is 4.74 Å². The Morgan fingerprint density at radius 1 is 1.08 bits per heavy atom. The van der Waals surface area contributed by atoms with Crippen molar-refractivity contribution >= 4 is 16.6 Å². The van der Waals surface area contributed by atoms with Crippen LogP contribution in [-0.4, -0.2) is 42.1 Å². The van der Waals surface area contributed by atoms with Gasteiger partial charge < -0.3 is 15.0 Å². The van der Waals surface area contributed by atoms with Crippen LogP contribution in [-0.2, 0) is 6.54 Å². The maximum Gasteiger partial charge on any atom is 0.213 e. The fraction of sp³-hybridized carbons (Fsp3) is 0.263. The minimum absolute atomic E-state index is 0.286. The van der Waals surface area contributed by atoms with Gasteiger partial charge in [-0.2, -0.15) is 0 Å². The first-order chi connectivity index (χ1) is 12.1. The summed E-state index contributed by atoms with van der Waals surface area (Å²) in [6.45, 7) is 2.05. The number of nitrogens with zero attached hydrogens (tertiary/aromatic N) is 3. The quantitative estimate of drug-likeness (QED) is 0.715. The summed E-state index contributed by atoms with van der Waals surface area (Å²) in [5.41, 5.74) is 2.60. The van der Waals surface area contributed by atoms with Crippen molar-refractivity contribution in [2.75, 3.05) is 32.6 Å². The molecule has 25 heavy (non-hydrogen) atoms. The monoisotopic (exact) mass is 340 g/mol. The Morgan fingerprint density at radius 2 is 1.92 bits per heavy atom. The third-order valence-electron chi connectivity index (χ3n) is 3.78. The van der Waals surface area contributed by atoms with E-state index in [2.05, 4.69) is 20.2 Å². The standard InChI is InChI=1S/C19H21FN4O/c1-24(2)9-10-25-19-11-14(5-7-22-19)13-23-17-6-8-21-18-12-15(20)3-4-16(17)18/h3-8,11-12H,9-10,13H2,1-2H3,(H,21,23). The number of fused-ring (bicyclic) bond motifs is 1. The number of nitrogens with one attached hydrogen (secondary N) is 1. The molecule has 6 heteroatoms. The highest BCUT2D eigenvalue weighted by atomic mass is 19.1. The molecular formula is C19H21FN4O. The topological polar surface area (TPSA) is 50.3 Å². The average Bonchev–Trinajstić information content (AvgIpc) is 2.59. The van der Waals surface area contributed by atoms with Crippen molar-refractivity contribution in [1.82, 2.24) is 14.9 Å². The number of anilines is 1. The van der Waals surface area contributed by atoms with Gasteiger partial charge in [-0.3, -0.25) is 4.98 Å². The van der Waals surface area contributed by atoms with Crippen LogP contribution < -0.4 is 10.1 Å². The maximum absolute atomic E-state index is 13.3. The van der Waals surface area contributed by atoms with Crippen LogP contribution in [0.3, 0.4) is 0 Å². The highest BCUT2D eigenvalue weighted by molar-refractivity contribution is 5.90. The molecule has 130 valence electrons. The van der Waals surface area contributed by atoms with Crippen LogP contribution in [0.2, 0.25) is 0 Å². The zero-order valence-corrected chi connectivity index (χ0v) is 14.4. The van der Waals surface area contributed by atoms with E-state index in [1.807, 2.05) is 32.3 Å². The van der Waals surface area contributed by atoms with Gasteiger partial charge in [-0.15, -0.1) is 0 Å². The number of pyridine rings is 2. The molecular weight excluding hydrogens is 319 g/mol. The van der Waals surface area contributed by atoms with Crippen LogP contribution in [0.1, 0.15) is 5.56 Å². The second-order valence-electron chi connectivity index (χ2n) is 6.03. The summed E-state index contributed by atoms with van der Waals surface area (Å²) < 4.78 is 19.0. The Bertz CT molecular complexity index is 854. The lowest BCUT2D eigenvalue weighted by Gasteiger charge is -2.12. The average molecular weight is 340 g/mol. The van der Waals surface area contributed by atoms with Gasteiger partial charge in [0, 0.05) is 48.7 Å². The largest absolute Gasteiger partial charge is 0.476 e. The zero-order chi connectivity index (χ0) is 17.6. The number of likely N-dealkylation sites (N-methyl/N-ethyl adjacent to an activating group) is 1. The Balaban J connectivity index is 1.68. The number of rotatable bonds is 7. The third kappa shape index (κ3) is 4.64. The van der Waals surface area contributed by atoms with Crippen molar-refractivity contribution in [2.24, 2.45) is 0 Å². The molecule has 0 saturated heterocycles. The highest BCUT2D eigenvalue weighted by Gasteiger charge is 2.04. The van der Waals surface area contributed by atoms with Crippen LogP contribution >= 0.6 is 0 Å². The second kappa shape index (κ2) is 7.90. The molecule has 1 aromatic carbocycles. The molecule has 0 fully saturated rings. The molecule has 0 radical (unpaired) electrons. The van der Waals surface area contributed by atoms with Crippen LogP contribution in [0, 0.1) is 5.82 Å². The maximum atomic E-state index is 13.3. The van der Waals surface area contributed by atoms with Crippen LogP contribution in [0.5, 0.6) is 5.88 Å². The molecule has 3 aromatic rings. The van der Waals surface area contributed by atoms with Crippen LogP contribution in [0.15, 0.2) is 48.8 Å². The highest BCUT2D eigenvalue weighted by Crippen LogP contribution is 2.23. The van der Waals surface area contributed by atoms with Gasteiger partial charge >= 0.3 is 0 Å². The number of ether oxygens (including phenoxy) is 1. The summed E-state index contributed by atoms with van der Waals surface area (Å²) >= 11 is 0. The first kappa shape index (κ1) is 17.1. The predicted octanol–water partition coefficient (Wildman–Crippen LogP) is 3.32. The summed E-state index contributed by atoms with van der Waals surface area (Å²) in [6.07, 6.45) is 3.41. The van der Waals surface area contributed by atoms with Gasteiger partial charge in [0.2, 0.25) is 5.88 Å². The fourth-order valence-corrected chi connectivity index (χ4v) is 2.44. The molecule has 1 N–H and O–H groups in total. The number of benzene rings is 1. The van der Waals surface area contributed by atoms with Gasteiger partial charge in [0.05, 0.1) is 5.52 Å². The van der Waals surface area contributed by atoms with Gasteiger partial charge in [0.15, 0.2) is 0 Å². The van der Waals surface area contributed by atoms with Crippen molar-refractivity contribution in [3.8, 4) is 5.88 Å². The number of hydrogen-bond acceptors (Lipinski definition) is 5. The lowest BCUT2D eigenvalue weighted by molar-refractivity contribution is 0.253. The summed E-state index contributed by atoms with van der Waals surface area (Å²) in [5, 5.41) is 4.26. The number of halogens is 1. The van der Waals surface area contributed by atoms with E-state index >= 15 is 0 Å². The van der Waals surface area contributed by atoms with E-state index in [1.54, 1.807) is 18.5 Å². The van der Waals surface area contributed by atoms with Gasteiger partial charge in [0.25, 0.3) is 0 Å². The lowest BCUT2D eigenvalue weighted by atomic mass is 10.1. The molecule has 3 rings (SSSR count). The predicted molar refractivity (Wildman–Crippen MR) is 97.3 cm³/mol. The Kier molecular flexibility index (Phi) is 5.40. The van der Waals surface area contributed by atoms with E-state index in [9.17, 15) is 4.39 Å². The van der Waals surface area contributed by atoms with Crippen LogP contribution in [0.4, 0.5) is 10.1 Å². The molecule has 0 aliphatic heterocycles. The second-order valence-corrected chi connectivity index (χ2v) is 6.03. The van der Waals surface area contributed by atoms with Gasteiger partial charge in [0.1, 0.15) is 12.4 Å². The SMILES string of the molecule is CN(C)CCOc1cc(CNc2ccnc3cc(F)ccc23)ccn1. The van der Waals surface area contributed by atoms with E-state index in [1.165, 1.54) is 12.1 Å². The number of aromatic nitrogens is 2. The van der Waals surface area contributed by atoms with Gasteiger partial charge in [-0.05, 0) is 43.9 Å².